The molecule has 6 nitrogen and oxygen atoms in total. The smallest absolute Gasteiger partial charge is 0.246 e. The number of imidazole rings is 1. The molecule has 0 aliphatic carbocycles. The van der Waals surface area contributed by atoms with E-state index in [-0.39, 0.29) is 4.90 Å². The maximum atomic E-state index is 13.0. The van der Waals surface area contributed by atoms with Gasteiger partial charge in [0.05, 0.1) is 13.4 Å². The molecule has 0 radical (unpaired) electrons. The molecule has 0 amide bonds. The van der Waals surface area contributed by atoms with Crippen molar-refractivity contribution in [2.75, 3.05) is 20.2 Å². The topological polar surface area (TPSA) is 64.4 Å². The molecule has 0 unspecified atom stereocenters. The summed E-state index contributed by atoms with van der Waals surface area (Å²) in [5, 5.41) is 0. The highest BCUT2D eigenvalue weighted by atomic mass is 32.2. The number of hydrogen-bond donors (Lipinski definition) is 0. The number of methoxy groups -OCH3 is 1. The molecule has 0 spiro atoms. The van der Waals surface area contributed by atoms with Gasteiger partial charge in [-0.3, -0.25) is 0 Å². The van der Waals surface area contributed by atoms with E-state index in [1.165, 1.54) is 7.11 Å². The van der Waals surface area contributed by atoms with Gasteiger partial charge in [0.25, 0.3) is 0 Å². The molecule has 2 heterocycles. The van der Waals surface area contributed by atoms with Gasteiger partial charge in [0.1, 0.15) is 10.6 Å². The summed E-state index contributed by atoms with van der Waals surface area (Å²) in [6, 6.07) is 5.26. The summed E-state index contributed by atoms with van der Waals surface area (Å²) < 4.78 is 34.8. The van der Waals surface area contributed by atoms with Crippen molar-refractivity contribution in [2.45, 2.75) is 31.2 Å². The molecule has 0 atom stereocenters. The Morgan fingerprint density at radius 1 is 1.29 bits per heavy atom. The molecule has 1 fully saturated rings. The van der Waals surface area contributed by atoms with Gasteiger partial charge < -0.3 is 9.30 Å². The van der Waals surface area contributed by atoms with Crippen molar-refractivity contribution >= 4 is 10.0 Å². The van der Waals surface area contributed by atoms with Crippen LogP contribution in [-0.4, -0.2) is 42.5 Å². The van der Waals surface area contributed by atoms with Gasteiger partial charge in [-0.1, -0.05) is 6.07 Å². The van der Waals surface area contributed by atoms with E-state index in [1.54, 1.807) is 29.0 Å². The van der Waals surface area contributed by atoms with Gasteiger partial charge in [0, 0.05) is 32.0 Å². The van der Waals surface area contributed by atoms with Gasteiger partial charge in [0.15, 0.2) is 0 Å². The van der Waals surface area contributed by atoms with Crippen LogP contribution in [0, 0.1) is 12.8 Å². The first-order valence-corrected chi connectivity index (χ1v) is 9.55. The van der Waals surface area contributed by atoms with Crippen LogP contribution in [0.2, 0.25) is 0 Å². The predicted octanol–water partition coefficient (Wildman–Crippen LogP) is 2.30. The zero-order valence-electron chi connectivity index (χ0n) is 14.1. The number of nitrogens with zero attached hydrogens (tertiary/aromatic N) is 3. The van der Waals surface area contributed by atoms with E-state index < -0.39 is 10.0 Å². The molecular formula is C17H23N3O3S. The van der Waals surface area contributed by atoms with Crippen molar-refractivity contribution in [2.24, 2.45) is 5.92 Å². The largest absolute Gasteiger partial charge is 0.495 e. The molecule has 130 valence electrons. The molecule has 0 bridgehead atoms. The lowest BCUT2D eigenvalue weighted by molar-refractivity contribution is 0.252. The third-order valence-corrected chi connectivity index (χ3v) is 6.46. The van der Waals surface area contributed by atoms with Crippen LogP contribution in [-0.2, 0) is 16.6 Å². The fourth-order valence-electron chi connectivity index (χ4n) is 3.15. The van der Waals surface area contributed by atoms with Crippen molar-refractivity contribution in [1.82, 2.24) is 13.9 Å². The number of benzene rings is 1. The first-order chi connectivity index (χ1) is 11.5. The lowest BCUT2D eigenvalue weighted by atomic mass is 9.98. The minimum Gasteiger partial charge on any atom is -0.495 e. The SMILES string of the molecule is COc1ccc(C)cc1S(=O)(=O)N1CCC(Cn2ccnc2)CC1. The summed E-state index contributed by atoms with van der Waals surface area (Å²) in [6.45, 7) is 3.86. The fourth-order valence-corrected chi connectivity index (χ4v) is 4.86. The summed E-state index contributed by atoms with van der Waals surface area (Å²) in [7, 11) is -2.02. The standard InChI is InChI=1S/C17H23N3O3S/c1-14-3-4-16(23-2)17(11-14)24(21,22)20-8-5-15(6-9-20)12-19-10-7-18-13-19/h3-4,7,10-11,13,15H,5-6,8-9,12H2,1-2H3. The number of aryl methyl sites for hydroxylation is 1. The Hall–Kier alpha value is -1.86. The maximum absolute atomic E-state index is 13.0. The van der Waals surface area contributed by atoms with Crippen molar-refractivity contribution in [3.05, 3.63) is 42.5 Å². The van der Waals surface area contributed by atoms with E-state index in [4.69, 9.17) is 4.74 Å². The first kappa shape index (κ1) is 17.0. The minimum absolute atomic E-state index is 0.262. The average Bonchev–Trinajstić information content (AvgIpc) is 3.08. The van der Waals surface area contributed by atoms with E-state index in [0.717, 1.165) is 24.9 Å². The number of sulfonamides is 1. The van der Waals surface area contributed by atoms with Crippen molar-refractivity contribution in [1.29, 1.82) is 0 Å². The van der Waals surface area contributed by atoms with E-state index in [9.17, 15) is 8.42 Å². The van der Waals surface area contributed by atoms with Crippen LogP contribution in [0.4, 0.5) is 0 Å². The lowest BCUT2D eigenvalue weighted by Crippen LogP contribution is -2.39. The summed E-state index contributed by atoms with van der Waals surface area (Å²) in [6.07, 6.45) is 7.22. The summed E-state index contributed by atoms with van der Waals surface area (Å²) in [5.41, 5.74) is 0.907. The fraction of sp³-hybridized carbons (Fsp3) is 0.471. The van der Waals surface area contributed by atoms with E-state index in [2.05, 4.69) is 9.55 Å². The Balaban J connectivity index is 1.72. The van der Waals surface area contributed by atoms with Crippen LogP contribution in [0.25, 0.3) is 0 Å². The molecule has 2 aromatic rings. The van der Waals surface area contributed by atoms with Crippen molar-refractivity contribution < 1.29 is 13.2 Å². The normalized spacial score (nSPS) is 17.1. The third kappa shape index (κ3) is 3.47. The molecule has 1 aromatic carbocycles. The Bertz CT molecular complexity index is 779. The molecule has 1 aliphatic heterocycles. The number of piperidine rings is 1. The number of ether oxygens (including phenoxy) is 1. The van der Waals surface area contributed by atoms with Crippen LogP contribution in [0.1, 0.15) is 18.4 Å². The third-order valence-electron chi connectivity index (χ3n) is 4.54. The Kier molecular flexibility index (Phi) is 4.91. The number of aromatic nitrogens is 2. The molecule has 0 saturated carbocycles. The Labute approximate surface area is 143 Å². The monoisotopic (exact) mass is 349 g/mol. The summed E-state index contributed by atoms with van der Waals surface area (Å²) >= 11 is 0. The first-order valence-electron chi connectivity index (χ1n) is 8.11. The summed E-state index contributed by atoms with van der Waals surface area (Å²) in [4.78, 5) is 4.31. The molecule has 1 aromatic heterocycles. The average molecular weight is 349 g/mol. The van der Waals surface area contributed by atoms with E-state index in [1.807, 2.05) is 19.2 Å². The Morgan fingerprint density at radius 3 is 2.67 bits per heavy atom. The van der Waals surface area contributed by atoms with Crippen molar-refractivity contribution in [3.63, 3.8) is 0 Å². The highest BCUT2D eigenvalue weighted by Gasteiger charge is 2.31. The van der Waals surface area contributed by atoms with Crippen LogP contribution in [0.15, 0.2) is 41.8 Å². The van der Waals surface area contributed by atoms with Gasteiger partial charge in [-0.15, -0.1) is 0 Å². The highest BCUT2D eigenvalue weighted by Crippen LogP contribution is 2.30. The quantitative estimate of drug-likeness (QED) is 0.831. The second-order valence-electron chi connectivity index (χ2n) is 6.26. The number of hydrogen-bond acceptors (Lipinski definition) is 4. The predicted molar refractivity (Wildman–Crippen MR) is 91.4 cm³/mol. The molecule has 1 aliphatic rings. The van der Waals surface area contributed by atoms with Gasteiger partial charge in [-0.2, -0.15) is 4.31 Å². The van der Waals surface area contributed by atoms with Crippen LogP contribution in [0.3, 0.4) is 0 Å². The van der Waals surface area contributed by atoms with Crippen molar-refractivity contribution in [3.8, 4) is 5.75 Å². The van der Waals surface area contributed by atoms with Gasteiger partial charge in [-0.25, -0.2) is 13.4 Å². The summed E-state index contributed by atoms with van der Waals surface area (Å²) in [5.74, 6) is 0.881. The lowest BCUT2D eigenvalue weighted by Gasteiger charge is -2.31. The Morgan fingerprint density at radius 2 is 2.04 bits per heavy atom. The van der Waals surface area contributed by atoms with Gasteiger partial charge in [0.2, 0.25) is 10.0 Å². The van der Waals surface area contributed by atoms with Crippen LogP contribution in [0.5, 0.6) is 5.75 Å². The molecule has 3 rings (SSSR count). The highest BCUT2D eigenvalue weighted by molar-refractivity contribution is 7.89. The number of rotatable bonds is 5. The van der Waals surface area contributed by atoms with E-state index >= 15 is 0 Å². The van der Waals surface area contributed by atoms with E-state index in [0.29, 0.717) is 24.8 Å². The molecule has 7 heteroatoms. The molecule has 24 heavy (non-hydrogen) atoms. The second-order valence-corrected chi connectivity index (χ2v) is 8.17. The molecule has 0 N–H and O–H groups in total. The minimum atomic E-state index is -3.52. The van der Waals surface area contributed by atoms with Gasteiger partial charge >= 0.3 is 0 Å². The molecule has 1 saturated heterocycles. The second kappa shape index (κ2) is 6.94. The maximum Gasteiger partial charge on any atom is 0.246 e. The molecular weight excluding hydrogens is 326 g/mol. The van der Waals surface area contributed by atoms with Crippen LogP contribution < -0.4 is 4.74 Å². The zero-order chi connectivity index (χ0) is 17.2. The van der Waals surface area contributed by atoms with Crippen LogP contribution >= 0.6 is 0 Å². The van der Waals surface area contributed by atoms with Gasteiger partial charge in [-0.05, 0) is 43.4 Å². The zero-order valence-corrected chi connectivity index (χ0v) is 14.9.